The minimum Gasteiger partial charge on any atom is -0.377 e. The smallest absolute Gasteiger partial charge is 0.158 e. The molecular weight excluding hydrogens is 254 g/mol. The van der Waals surface area contributed by atoms with Crippen molar-refractivity contribution < 1.29 is 4.74 Å². The first-order valence-electron chi connectivity index (χ1n) is 7.18. The molecule has 0 bridgehead atoms. The normalized spacial score (nSPS) is 18.1. The maximum Gasteiger partial charge on any atom is 0.158 e. The molecule has 0 amide bonds. The second kappa shape index (κ2) is 6.37. The molecule has 112 valence electrons. The summed E-state index contributed by atoms with van der Waals surface area (Å²) in [6.45, 7) is 7.08. The molecular formula is C14H25N5O. The van der Waals surface area contributed by atoms with Crippen molar-refractivity contribution in [2.75, 3.05) is 30.5 Å². The monoisotopic (exact) mass is 279 g/mol. The number of aromatic nitrogens is 2. The van der Waals surface area contributed by atoms with Crippen molar-refractivity contribution in [1.29, 1.82) is 0 Å². The van der Waals surface area contributed by atoms with E-state index in [-0.39, 0.29) is 0 Å². The molecule has 0 radical (unpaired) electrons. The third-order valence-corrected chi connectivity index (χ3v) is 4.33. The first-order valence-corrected chi connectivity index (χ1v) is 7.18. The van der Waals surface area contributed by atoms with Gasteiger partial charge in [0.2, 0.25) is 0 Å². The van der Waals surface area contributed by atoms with E-state index in [4.69, 9.17) is 10.6 Å². The highest BCUT2D eigenvalue weighted by Crippen LogP contribution is 2.35. The van der Waals surface area contributed by atoms with Crippen LogP contribution in [0.4, 0.5) is 11.6 Å². The van der Waals surface area contributed by atoms with Crippen LogP contribution in [0.1, 0.15) is 38.9 Å². The van der Waals surface area contributed by atoms with Gasteiger partial charge in [0.15, 0.2) is 5.82 Å². The van der Waals surface area contributed by atoms with Crippen molar-refractivity contribution >= 4 is 11.6 Å². The van der Waals surface area contributed by atoms with E-state index >= 15 is 0 Å². The summed E-state index contributed by atoms with van der Waals surface area (Å²) in [7, 11) is 1.64. The Kier molecular flexibility index (Phi) is 4.77. The van der Waals surface area contributed by atoms with E-state index in [0.717, 1.165) is 18.9 Å². The lowest BCUT2D eigenvalue weighted by molar-refractivity contribution is 0.178. The molecule has 3 N–H and O–H groups in total. The van der Waals surface area contributed by atoms with Crippen molar-refractivity contribution in [3.8, 4) is 0 Å². The van der Waals surface area contributed by atoms with Crippen LogP contribution in [0.2, 0.25) is 0 Å². The zero-order chi connectivity index (χ0) is 14.6. The van der Waals surface area contributed by atoms with Crippen LogP contribution >= 0.6 is 0 Å². The van der Waals surface area contributed by atoms with Gasteiger partial charge in [-0.2, -0.15) is 0 Å². The van der Waals surface area contributed by atoms with Crippen LogP contribution in [0.15, 0.2) is 6.07 Å². The lowest BCUT2D eigenvalue weighted by Gasteiger charge is -2.39. The van der Waals surface area contributed by atoms with Crippen LogP contribution in [0.5, 0.6) is 0 Å². The van der Waals surface area contributed by atoms with Crippen molar-refractivity contribution in [1.82, 2.24) is 9.97 Å². The van der Waals surface area contributed by atoms with Gasteiger partial charge < -0.3 is 15.1 Å². The molecule has 6 heteroatoms. The van der Waals surface area contributed by atoms with Gasteiger partial charge in [0.25, 0.3) is 0 Å². The number of nitrogens with one attached hydrogen (secondary N) is 1. The number of nitrogens with two attached hydrogens (primary N) is 1. The number of hydrogen-bond donors (Lipinski definition) is 2. The van der Waals surface area contributed by atoms with Crippen molar-refractivity contribution in [2.24, 2.45) is 11.3 Å². The number of piperidine rings is 1. The molecule has 0 aromatic carbocycles. The maximum absolute atomic E-state index is 5.48. The molecule has 20 heavy (non-hydrogen) atoms. The van der Waals surface area contributed by atoms with Crippen molar-refractivity contribution in [2.45, 2.75) is 39.7 Å². The Morgan fingerprint density at radius 1 is 1.40 bits per heavy atom. The summed E-state index contributed by atoms with van der Waals surface area (Å²) in [5.74, 6) is 7.69. The van der Waals surface area contributed by atoms with Crippen molar-refractivity contribution in [3.63, 3.8) is 0 Å². The number of hydrazine groups is 1. The van der Waals surface area contributed by atoms with E-state index < -0.39 is 0 Å². The zero-order valence-corrected chi connectivity index (χ0v) is 12.6. The zero-order valence-electron chi connectivity index (χ0n) is 12.6. The topological polar surface area (TPSA) is 76.3 Å². The van der Waals surface area contributed by atoms with Gasteiger partial charge in [-0.25, -0.2) is 15.8 Å². The quantitative estimate of drug-likeness (QED) is 0.633. The molecule has 0 saturated carbocycles. The van der Waals surface area contributed by atoms with Gasteiger partial charge in [-0.1, -0.05) is 20.3 Å². The summed E-state index contributed by atoms with van der Waals surface area (Å²) < 4.78 is 5.11. The lowest BCUT2D eigenvalue weighted by Crippen LogP contribution is -2.39. The number of nitrogen functional groups attached to an aromatic ring is 1. The molecule has 0 unspecified atom stereocenters. The molecule has 0 aliphatic carbocycles. The summed E-state index contributed by atoms with van der Waals surface area (Å²) in [6.07, 6.45) is 3.62. The third kappa shape index (κ3) is 3.37. The van der Waals surface area contributed by atoms with E-state index in [1.807, 2.05) is 6.07 Å². The Hall–Kier alpha value is -1.40. The fourth-order valence-electron chi connectivity index (χ4n) is 2.54. The molecule has 1 aliphatic rings. The maximum atomic E-state index is 5.48. The summed E-state index contributed by atoms with van der Waals surface area (Å²) >= 11 is 0. The van der Waals surface area contributed by atoms with Crippen LogP contribution < -0.4 is 16.2 Å². The van der Waals surface area contributed by atoms with Crippen molar-refractivity contribution in [3.05, 3.63) is 11.9 Å². The van der Waals surface area contributed by atoms with E-state index in [0.29, 0.717) is 23.7 Å². The Bertz CT molecular complexity index is 443. The van der Waals surface area contributed by atoms with E-state index in [1.165, 1.54) is 19.3 Å². The third-order valence-electron chi connectivity index (χ3n) is 4.33. The molecule has 0 atom stereocenters. The highest BCUT2D eigenvalue weighted by atomic mass is 16.5. The Balaban J connectivity index is 2.14. The molecule has 2 heterocycles. The highest BCUT2D eigenvalue weighted by molar-refractivity contribution is 5.49. The lowest BCUT2D eigenvalue weighted by atomic mass is 9.78. The van der Waals surface area contributed by atoms with E-state index in [1.54, 1.807) is 7.11 Å². The number of rotatable bonds is 5. The summed E-state index contributed by atoms with van der Waals surface area (Å²) in [4.78, 5) is 11.1. The molecule has 1 fully saturated rings. The van der Waals surface area contributed by atoms with Gasteiger partial charge in [-0.15, -0.1) is 0 Å². The molecule has 6 nitrogen and oxygen atoms in total. The number of ether oxygens (including phenoxy) is 1. The largest absolute Gasteiger partial charge is 0.377 e. The molecule has 1 aliphatic heterocycles. The second-order valence-corrected chi connectivity index (χ2v) is 5.76. The highest BCUT2D eigenvalue weighted by Gasteiger charge is 2.29. The van der Waals surface area contributed by atoms with Gasteiger partial charge in [-0.05, 0) is 18.3 Å². The van der Waals surface area contributed by atoms with Crippen LogP contribution in [0, 0.1) is 5.41 Å². The average molecular weight is 279 g/mol. The predicted octanol–water partition coefficient (Wildman–Crippen LogP) is 1.93. The summed E-state index contributed by atoms with van der Waals surface area (Å²) in [5.41, 5.74) is 3.07. The van der Waals surface area contributed by atoms with Gasteiger partial charge >= 0.3 is 0 Å². The predicted molar refractivity (Wildman–Crippen MR) is 80.4 cm³/mol. The Labute approximate surface area is 120 Å². The second-order valence-electron chi connectivity index (χ2n) is 5.76. The number of nitrogens with zero attached hydrogens (tertiary/aromatic N) is 3. The first-order chi connectivity index (χ1) is 9.60. The van der Waals surface area contributed by atoms with Crippen LogP contribution in [-0.4, -0.2) is 30.2 Å². The SMILES string of the molecule is CCC1(C)CCN(c2cc(NN)nc(COC)n2)CC1. The van der Waals surface area contributed by atoms with Gasteiger partial charge in [0, 0.05) is 26.3 Å². The fraction of sp³-hybridized carbons (Fsp3) is 0.714. The number of methoxy groups -OCH3 is 1. The molecule has 1 saturated heterocycles. The molecule has 2 rings (SSSR count). The molecule has 1 aromatic rings. The van der Waals surface area contributed by atoms with Crippen LogP contribution in [0.3, 0.4) is 0 Å². The average Bonchev–Trinajstić information content (AvgIpc) is 2.48. The minimum absolute atomic E-state index is 0.392. The fourth-order valence-corrected chi connectivity index (χ4v) is 2.54. The van der Waals surface area contributed by atoms with Crippen LogP contribution in [-0.2, 0) is 11.3 Å². The van der Waals surface area contributed by atoms with E-state index in [9.17, 15) is 0 Å². The van der Waals surface area contributed by atoms with E-state index in [2.05, 4.69) is 34.1 Å². The molecule has 1 aromatic heterocycles. The van der Waals surface area contributed by atoms with Gasteiger partial charge in [-0.3, -0.25) is 0 Å². The first kappa shape index (κ1) is 15.0. The summed E-state index contributed by atoms with van der Waals surface area (Å²) in [6, 6.07) is 1.90. The Morgan fingerprint density at radius 2 is 2.10 bits per heavy atom. The van der Waals surface area contributed by atoms with Gasteiger partial charge in [0.05, 0.1) is 0 Å². The minimum atomic E-state index is 0.392. The number of anilines is 2. The number of hydrogen-bond acceptors (Lipinski definition) is 6. The van der Waals surface area contributed by atoms with Crippen LogP contribution in [0.25, 0.3) is 0 Å². The van der Waals surface area contributed by atoms with Gasteiger partial charge in [0.1, 0.15) is 18.2 Å². The standard InChI is InChI=1S/C14H25N5O/c1-4-14(2)5-7-19(8-6-14)13-9-11(18-15)16-12(17-13)10-20-3/h9H,4-8,10,15H2,1-3H3,(H,16,17,18). The Morgan fingerprint density at radius 3 is 2.65 bits per heavy atom. The molecule has 0 spiro atoms. The summed E-state index contributed by atoms with van der Waals surface area (Å²) in [5, 5.41) is 0.